The fraction of sp³-hybridized carbons (Fsp3) is 0.381. The molecule has 24 heavy (non-hydrogen) atoms. The summed E-state index contributed by atoms with van der Waals surface area (Å²) in [6, 6.07) is 12.2. The van der Waals surface area contributed by atoms with Crippen molar-refractivity contribution < 1.29 is 9.53 Å². The number of nitrogens with zero attached hydrogens (tertiary/aromatic N) is 1. The number of methoxy groups -OCH3 is 1. The monoisotopic (exact) mass is 323 g/mol. The number of rotatable bonds is 3. The van der Waals surface area contributed by atoms with E-state index < -0.39 is 5.41 Å². The predicted molar refractivity (Wildman–Crippen MR) is 98.0 cm³/mol. The van der Waals surface area contributed by atoms with E-state index in [0.29, 0.717) is 0 Å². The first kappa shape index (κ1) is 16.6. The molecule has 0 spiro atoms. The second kappa shape index (κ2) is 5.97. The van der Waals surface area contributed by atoms with E-state index in [-0.39, 0.29) is 5.91 Å². The van der Waals surface area contributed by atoms with Crippen molar-refractivity contribution in [3.8, 4) is 5.75 Å². The first-order valence-electron chi connectivity index (χ1n) is 8.41. The molecule has 1 saturated heterocycles. The van der Waals surface area contributed by atoms with Crippen LogP contribution in [0, 0.1) is 20.8 Å². The van der Waals surface area contributed by atoms with Crippen LogP contribution in [0.25, 0.3) is 0 Å². The Hall–Kier alpha value is -2.29. The van der Waals surface area contributed by atoms with Crippen LogP contribution in [0.5, 0.6) is 5.75 Å². The largest absolute Gasteiger partial charge is 0.497 e. The highest BCUT2D eigenvalue weighted by molar-refractivity contribution is 6.04. The Balaban J connectivity index is 1.97. The van der Waals surface area contributed by atoms with E-state index in [1.165, 1.54) is 16.7 Å². The average molecular weight is 323 g/mol. The van der Waals surface area contributed by atoms with E-state index in [2.05, 4.69) is 39.8 Å². The van der Waals surface area contributed by atoms with E-state index >= 15 is 0 Å². The summed E-state index contributed by atoms with van der Waals surface area (Å²) in [5, 5.41) is 0. The van der Waals surface area contributed by atoms with Gasteiger partial charge in [-0.05, 0) is 62.9 Å². The van der Waals surface area contributed by atoms with E-state index in [4.69, 9.17) is 4.74 Å². The molecule has 1 amide bonds. The van der Waals surface area contributed by atoms with Crippen molar-refractivity contribution in [2.45, 2.75) is 39.5 Å². The molecular formula is C21H25NO2. The molecule has 0 saturated carbocycles. The normalized spacial score (nSPS) is 20.5. The maximum atomic E-state index is 13.3. The van der Waals surface area contributed by atoms with Crippen molar-refractivity contribution in [2.24, 2.45) is 0 Å². The van der Waals surface area contributed by atoms with E-state index in [1.807, 2.05) is 29.2 Å². The predicted octanol–water partition coefficient (Wildman–Crippen LogP) is 4.32. The Bertz CT molecular complexity index is 756. The van der Waals surface area contributed by atoms with Crippen LogP contribution in [0.2, 0.25) is 0 Å². The molecule has 1 atom stereocenters. The number of carbonyl (C=O) groups excluding carboxylic acids is 1. The number of ether oxygens (including phenoxy) is 1. The highest BCUT2D eigenvalue weighted by Crippen LogP contribution is 2.40. The average Bonchev–Trinajstić information content (AvgIpc) is 2.84. The minimum Gasteiger partial charge on any atom is -0.497 e. The number of carbonyl (C=O) groups is 1. The molecule has 0 radical (unpaired) electrons. The summed E-state index contributed by atoms with van der Waals surface area (Å²) in [5.74, 6) is 0.998. The van der Waals surface area contributed by atoms with E-state index in [0.717, 1.165) is 30.0 Å². The van der Waals surface area contributed by atoms with Crippen LogP contribution < -0.4 is 9.64 Å². The fourth-order valence-electron chi connectivity index (χ4n) is 3.88. The molecule has 2 aromatic carbocycles. The second-order valence-corrected chi connectivity index (χ2v) is 7.01. The summed E-state index contributed by atoms with van der Waals surface area (Å²) >= 11 is 0. The molecule has 1 fully saturated rings. The molecular weight excluding hydrogens is 298 g/mol. The summed E-state index contributed by atoms with van der Waals surface area (Å²) in [5.41, 5.74) is 5.22. The second-order valence-electron chi connectivity index (χ2n) is 7.01. The molecule has 0 bridgehead atoms. The van der Waals surface area contributed by atoms with Gasteiger partial charge in [0.25, 0.3) is 0 Å². The first-order chi connectivity index (χ1) is 11.4. The SMILES string of the molecule is COc1ccc([C@]2(C)CCN(c3c(C)cc(C)cc3C)C2=O)cc1. The van der Waals surface area contributed by atoms with Crippen molar-refractivity contribution >= 4 is 11.6 Å². The molecule has 1 aliphatic heterocycles. The molecule has 126 valence electrons. The third kappa shape index (κ3) is 2.58. The fourth-order valence-corrected chi connectivity index (χ4v) is 3.88. The molecule has 1 heterocycles. The molecule has 0 unspecified atom stereocenters. The zero-order valence-electron chi connectivity index (χ0n) is 15.1. The summed E-state index contributed by atoms with van der Waals surface area (Å²) in [6.07, 6.45) is 0.824. The van der Waals surface area contributed by atoms with Gasteiger partial charge in [-0.1, -0.05) is 29.8 Å². The van der Waals surface area contributed by atoms with Gasteiger partial charge in [-0.25, -0.2) is 0 Å². The van der Waals surface area contributed by atoms with Crippen LogP contribution in [0.15, 0.2) is 36.4 Å². The smallest absolute Gasteiger partial charge is 0.237 e. The molecule has 3 rings (SSSR count). The minimum absolute atomic E-state index is 0.183. The standard InChI is InChI=1S/C21H25NO2/c1-14-12-15(2)19(16(3)13-14)22-11-10-21(4,20(22)23)17-6-8-18(24-5)9-7-17/h6-9,12-13H,10-11H2,1-5H3/t21-/m0/s1. The molecule has 0 N–H and O–H groups in total. The van der Waals surface area contributed by atoms with Crippen LogP contribution in [0.4, 0.5) is 5.69 Å². The van der Waals surface area contributed by atoms with Gasteiger partial charge in [0.2, 0.25) is 5.91 Å². The quantitative estimate of drug-likeness (QED) is 0.842. The van der Waals surface area contributed by atoms with Gasteiger partial charge in [0.05, 0.1) is 12.5 Å². The minimum atomic E-state index is -0.476. The number of amides is 1. The van der Waals surface area contributed by atoms with Crippen molar-refractivity contribution in [3.05, 3.63) is 58.7 Å². The lowest BCUT2D eigenvalue weighted by molar-refractivity contribution is -0.121. The summed E-state index contributed by atoms with van der Waals surface area (Å²) in [7, 11) is 1.65. The van der Waals surface area contributed by atoms with Crippen LogP contribution in [0.1, 0.15) is 35.6 Å². The van der Waals surface area contributed by atoms with Gasteiger partial charge in [0.1, 0.15) is 5.75 Å². The topological polar surface area (TPSA) is 29.5 Å². The molecule has 3 heteroatoms. The Labute approximate surface area is 144 Å². The van der Waals surface area contributed by atoms with Crippen molar-refractivity contribution in [3.63, 3.8) is 0 Å². The molecule has 1 aliphatic rings. The highest BCUT2D eigenvalue weighted by atomic mass is 16.5. The van der Waals surface area contributed by atoms with Crippen LogP contribution in [-0.2, 0) is 10.2 Å². The van der Waals surface area contributed by atoms with E-state index in [9.17, 15) is 4.79 Å². The Morgan fingerprint density at radius 2 is 1.62 bits per heavy atom. The summed E-state index contributed by atoms with van der Waals surface area (Å²) in [4.78, 5) is 15.2. The molecule has 0 aromatic heterocycles. The number of hydrogen-bond donors (Lipinski definition) is 0. The molecule has 2 aromatic rings. The van der Waals surface area contributed by atoms with Crippen molar-refractivity contribution in [1.29, 1.82) is 0 Å². The van der Waals surface area contributed by atoms with Crippen molar-refractivity contribution in [2.75, 3.05) is 18.6 Å². The van der Waals surface area contributed by atoms with Crippen LogP contribution in [0.3, 0.4) is 0 Å². The van der Waals surface area contributed by atoms with Gasteiger partial charge in [0, 0.05) is 12.2 Å². The first-order valence-corrected chi connectivity index (χ1v) is 8.41. The van der Waals surface area contributed by atoms with Gasteiger partial charge in [-0.15, -0.1) is 0 Å². The maximum Gasteiger partial charge on any atom is 0.237 e. The Morgan fingerprint density at radius 1 is 1.04 bits per heavy atom. The van der Waals surface area contributed by atoms with Gasteiger partial charge >= 0.3 is 0 Å². The zero-order chi connectivity index (χ0) is 17.5. The van der Waals surface area contributed by atoms with E-state index in [1.54, 1.807) is 7.11 Å². The third-order valence-electron chi connectivity index (χ3n) is 5.19. The number of anilines is 1. The number of hydrogen-bond acceptors (Lipinski definition) is 2. The van der Waals surface area contributed by atoms with Gasteiger partial charge in [-0.3, -0.25) is 4.79 Å². The van der Waals surface area contributed by atoms with Crippen LogP contribution in [-0.4, -0.2) is 19.6 Å². The molecule has 3 nitrogen and oxygen atoms in total. The lowest BCUT2D eigenvalue weighted by Gasteiger charge is -2.26. The summed E-state index contributed by atoms with van der Waals surface area (Å²) in [6.45, 7) is 9.08. The van der Waals surface area contributed by atoms with Crippen LogP contribution >= 0.6 is 0 Å². The Kier molecular flexibility index (Phi) is 4.12. The summed E-state index contributed by atoms with van der Waals surface area (Å²) < 4.78 is 5.23. The van der Waals surface area contributed by atoms with Gasteiger partial charge in [0.15, 0.2) is 0 Å². The number of benzene rings is 2. The Morgan fingerprint density at radius 3 is 2.17 bits per heavy atom. The van der Waals surface area contributed by atoms with Crippen molar-refractivity contribution in [1.82, 2.24) is 0 Å². The zero-order valence-corrected chi connectivity index (χ0v) is 15.1. The number of aryl methyl sites for hydroxylation is 3. The lowest BCUT2D eigenvalue weighted by Crippen LogP contribution is -2.36. The van der Waals surface area contributed by atoms with Gasteiger partial charge < -0.3 is 9.64 Å². The third-order valence-corrected chi connectivity index (χ3v) is 5.19. The lowest BCUT2D eigenvalue weighted by atomic mass is 9.81. The van der Waals surface area contributed by atoms with Gasteiger partial charge in [-0.2, -0.15) is 0 Å². The highest BCUT2D eigenvalue weighted by Gasteiger charge is 2.45. The molecule has 0 aliphatic carbocycles. The maximum absolute atomic E-state index is 13.3.